The number of hydrogen-bond acceptors (Lipinski definition) is 4. The average molecular weight is 352 g/mol. The Hall–Kier alpha value is -2.27. The van der Waals surface area contributed by atoms with E-state index in [0.717, 1.165) is 42.7 Å². The fourth-order valence-electron chi connectivity index (χ4n) is 3.82. The summed E-state index contributed by atoms with van der Waals surface area (Å²) in [6.45, 7) is 10.2. The molecule has 0 spiro atoms. The molecule has 1 aliphatic heterocycles. The van der Waals surface area contributed by atoms with Crippen LogP contribution in [0.1, 0.15) is 47.6 Å². The van der Waals surface area contributed by atoms with E-state index >= 15 is 0 Å². The van der Waals surface area contributed by atoms with Crippen LogP contribution in [0.15, 0.2) is 36.7 Å². The standard InChI is InChI=1S/C21H28N4O/c1-15-8-16(2)13-25(12-15)14-19-7-5-4-6-18(19)10-24-21(26)20-11-22-17(3)9-23-20/h4-7,9,11,15-16H,8,10,12-14H2,1-3H3,(H,24,26)/t15-,16-/m0/s1. The van der Waals surface area contributed by atoms with Gasteiger partial charge in [-0.1, -0.05) is 38.1 Å². The molecular formula is C21H28N4O. The van der Waals surface area contributed by atoms with Gasteiger partial charge in [0.25, 0.3) is 5.91 Å². The highest BCUT2D eigenvalue weighted by Gasteiger charge is 2.22. The monoisotopic (exact) mass is 352 g/mol. The van der Waals surface area contributed by atoms with Crippen molar-refractivity contribution in [3.8, 4) is 0 Å². The third kappa shape index (κ3) is 4.88. The molecule has 1 saturated heterocycles. The maximum Gasteiger partial charge on any atom is 0.271 e. The molecule has 5 nitrogen and oxygen atoms in total. The van der Waals surface area contributed by atoms with Crippen molar-refractivity contribution in [1.82, 2.24) is 20.2 Å². The van der Waals surface area contributed by atoms with E-state index in [2.05, 4.69) is 52.2 Å². The molecule has 2 atom stereocenters. The molecule has 1 aliphatic rings. The van der Waals surface area contributed by atoms with Crippen molar-refractivity contribution in [2.75, 3.05) is 13.1 Å². The average Bonchev–Trinajstić information content (AvgIpc) is 2.60. The van der Waals surface area contributed by atoms with Crippen molar-refractivity contribution in [3.63, 3.8) is 0 Å². The smallest absolute Gasteiger partial charge is 0.271 e. The summed E-state index contributed by atoms with van der Waals surface area (Å²) in [5.41, 5.74) is 3.60. The Bertz CT molecular complexity index is 734. The van der Waals surface area contributed by atoms with E-state index in [4.69, 9.17) is 0 Å². The van der Waals surface area contributed by atoms with Gasteiger partial charge in [0.1, 0.15) is 5.69 Å². The van der Waals surface area contributed by atoms with Crippen LogP contribution in [-0.2, 0) is 13.1 Å². The first-order valence-electron chi connectivity index (χ1n) is 9.37. The predicted molar refractivity (Wildman–Crippen MR) is 103 cm³/mol. The first kappa shape index (κ1) is 18.5. The lowest BCUT2D eigenvalue weighted by atomic mass is 9.91. The van der Waals surface area contributed by atoms with Crippen LogP contribution < -0.4 is 5.32 Å². The van der Waals surface area contributed by atoms with Crippen molar-refractivity contribution < 1.29 is 4.79 Å². The zero-order valence-corrected chi connectivity index (χ0v) is 15.9. The number of aromatic nitrogens is 2. The minimum Gasteiger partial charge on any atom is -0.347 e. The maximum absolute atomic E-state index is 12.3. The second-order valence-electron chi connectivity index (χ2n) is 7.63. The molecule has 1 N–H and O–H groups in total. The molecule has 26 heavy (non-hydrogen) atoms. The van der Waals surface area contributed by atoms with Gasteiger partial charge < -0.3 is 5.32 Å². The summed E-state index contributed by atoms with van der Waals surface area (Å²) in [4.78, 5) is 23.1. The first-order chi connectivity index (χ1) is 12.5. The van der Waals surface area contributed by atoms with Crippen LogP contribution in [0.25, 0.3) is 0 Å². The molecule has 0 unspecified atom stereocenters. The Labute approximate surface area is 155 Å². The minimum absolute atomic E-state index is 0.187. The quantitative estimate of drug-likeness (QED) is 0.898. The Morgan fingerprint density at radius 1 is 1.12 bits per heavy atom. The summed E-state index contributed by atoms with van der Waals surface area (Å²) in [5, 5.41) is 2.97. The highest BCUT2D eigenvalue weighted by atomic mass is 16.1. The van der Waals surface area contributed by atoms with Crippen LogP contribution >= 0.6 is 0 Å². The van der Waals surface area contributed by atoms with E-state index < -0.39 is 0 Å². The molecule has 2 heterocycles. The number of nitrogens with zero attached hydrogens (tertiary/aromatic N) is 3. The SMILES string of the molecule is Cc1cnc(C(=O)NCc2ccccc2CN2C[C@@H](C)C[C@H](C)C2)cn1. The van der Waals surface area contributed by atoms with Crippen molar-refractivity contribution in [3.05, 3.63) is 59.2 Å². The van der Waals surface area contributed by atoms with Gasteiger partial charge in [0, 0.05) is 32.4 Å². The molecule has 0 saturated carbocycles. The number of piperidine rings is 1. The van der Waals surface area contributed by atoms with Crippen molar-refractivity contribution in [1.29, 1.82) is 0 Å². The summed E-state index contributed by atoms with van der Waals surface area (Å²) in [5.74, 6) is 1.30. The lowest BCUT2D eigenvalue weighted by Crippen LogP contribution is -2.38. The van der Waals surface area contributed by atoms with Gasteiger partial charge in [0.15, 0.2) is 0 Å². The number of aryl methyl sites for hydroxylation is 1. The normalized spacial score (nSPS) is 20.7. The summed E-state index contributed by atoms with van der Waals surface area (Å²) < 4.78 is 0. The minimum atomic E-state index is -0.187. The number of rotatable bonds is 5. The van der Waals surface area contributed by atoms with E-state index in [1.807, 2.05) is 13.0 Å². The van der Waals surface area contributed by atoms with Crippen LogP contribution in [0.3, 0.4) is 0 Å². The third-order valence-electron chi connectivity index (χ3n) is 4.91. The second-order valence-corrected chi connectivity index (χ2v) is 7.63. The van der Waals surface area contributed by atoms with Crippen molar-refractivity contribution >= 4 is 5.91 Å². The largest absolute Gasteiger partial charge is 0.347 e. The summed E-state index contributed by atoms with van der Waals surface area (Å²) >= 11 is 0. The molecule has 3 rings (SSSR count). The highest BCUT2D eigenvalue weighted by Crippen LogP contribution is 2.23. The Balaban J connectivity index is 1.63. The molecule has 0 radical (unpaired) electrons. The number of hydrogen-bond donors (Lipinski definition) is 1. The summed E-state index contributed by atoms with van der Waals surface area (Å²) in [6.07, 6.45) is 4.44. The van der Waals surface area contributed by atoms with E-state index in [1.54, 1.807) is 6.20 Å². The van der Waals surface area contributed by atoms with Gasteiger partial charge in [-0.15, -0.1) is 0 Å². The van der Waals surface area contributed by atoms with Gasteiger partial charge in [-0.05, 0) is 36.3 Å². The highest BCUT2D eigenvalue weighted by molar-refractivity contribution is 5.91. The molecule has 1 fully saturated rings. The molecule has 1 aromatic heterocycles. The Morgan fingerprint density at radius 3 is 2.46 bits per heavy atom. The lowest BCUT2D eigenvalue weighted by Gasteiger charge is -2.35. The Morgan fingerprint density at radius 2 is 1.81 bits per heavy atom. The van der Waals surface area contributed by atoms with Crippen LogP contribution in [-0.4, -0.2) is 33.9 Å². The van der Waals surface area contributed by atoms with Crippen LogP contribution in [0.2, 0.25) is 0 Å². The van der Waals surface area contributed by atoms with Gasteiger partial charge in [-0.25, -0.2) is 4.98 Å². The topological polar surface area (TPSA) is 58.1 Å². The van der Waals surface area contributed by atoms with Crippen LogP contribution in [0.5, 0.6) is 0 Å². The maximum atomic E-state index is 12.3. The molecule has 1 amide bonds. The number of amides is 1. The van der Waals surface area contributed by atoms with Crippen molar-refractivity contribution in [2.24, 2.45) is 11.8 Å². The zero-order valence-electron chi connectivity index (χ0n) is 15.9. The number of likely N-dealkylation sites (tertiary alicyclic amines) is 1. The lowest BCUT2D eigenvalue weighted by molar-refractivity contribution is 0.0945. The van der Waals surface area contributed by atoms with Gasteiger partial charge in [0.2, 0.25) is 0 Å². The van der Waals surface area contributed by atoms with Crippen LogP contribution in [0.4, 0.5) is 0 Å². The molecule has 0 bridgehead atoms. The Kier molecular flexibility index (Phi) is 5.99. The molecule has 138 valence electrons. The number of carbonyl (C=O) groups excluding carboxylic acids is 1. The van der Waals surface area contributed by atoms with Crippen LogP contribution in [0, 0.1) is 18.8 Å². The van der Waals surface area contributed by atoms with Crippen molar-refractivity contribution in [2.45, 2.75) is 40.3 Å². The van der Waals surface area contributed by atoms with E-state index in [1.165, 1.54) is 18.2 Å². The predicted octanol–water partition coefficient (Wildman–Crippen LogP) is 3.19. The van der Waals surface area contributed by atoms with E-state index in [0.29, 0.717) is 12.2 Å². The fourth-order valence-corrected chi connectivity index (χ4v) is 3.82. The second kappa shape index (κ2) is 8.41. The van der Waals surface area contributed by atoms with E-state index in [9.17, 15) is 4.79 Å². The van der Waals surface area contributed by atoms with E-state index in [-0.39, 0.29) is 5.91 Å². The molecule has 2 aromatic rings. The third-order valence-corrected chi connectivity index (χ3v) is 4.91. The zero-order chi connectivity index (χ0) is 18.5. The molecule has 0 aliphatic carbocycles. The first-order valence-corrected chi connectivity index (χ1v) is 9.37. The molecule has 5 heteroatoms. The summed E-state index contributed by atoms with van der Waals surface area (Å²) in [6, 6.07) is 8.35. The number of carbonyl (C=O) groups is 1. The fraction of sp³-hybridized carbons (Fsp3) is 0.476. The molecule has 1 aromatic carbocycles. The van der Waals surface area contributed by atoms with Gasteiger partial charge in [-0.3, -0.25) is 14.7 Å². The summed E-state index contributed by atoms with van der Waals surface area (Å²) in [7, 11) is 0. The number of nitrogens with one attached hydrogen (secondary N) is 1. The van der Waals surface area contributed by atoms with Gasteiger partial charge in [-0.2, -0.15) is 0 Å². The molecular weight excluding hydrogens is 324 g/mol. The van der Waals surface area contributed by atoms with Gasteiger partial charge in [0.05, 0.1) is 11.9 Å². The van der Waals surface area contributed by atoms with Gasteiger partial charge >= 0.3 is 0 Å². The number of benzene rings is 1.